The molecule has 0 unspecified atom stereocenters. The lowest BCUT2D eigenvalue weighted by Crippen LogP contribution is -2.38. The Bertz CT molecular complexity index is 637. The van der Waals surface area contributed by atoms with Crippen LogP contribution in [-0.2, 0) is 16.1 Å². The molecule has 1 aromatic carbocycles. The fourth-order valence-electron chi connectivity index (χ4n) is 3.58. The third-order valence-corrected chi connectivity index (χ3v) is 5.16. The zero-order valence-electron chi connectivity index (χ0n) is 11.9. The maximum Gasteiger partial charge on any atom is 0.313 e. The number of hydrogen-bond donors (Lipinski definition) is 1. The molecular formula is C15H16ClNO5. The highest BCUT2D eigenvalue weighted by atomic mass is 35.5. The topological polar surface area (TPSA) is 68.2 Å². The zero-order chi connectivity index (χ0) is 15.3. The van der Waals surface area contributed by atoms with Crippen LogP contribution >= 0.6 is 11.6 Å². The molecule has 2 saturated heterocycles. The average molecular weight is 326 g/mol. The third-order valence-electron chi connectivity index (χ3n) is 4.81. The van der Waals surface area contributed by atoms with Gasteiger partial charge in [0.1, 0.15) is 5.41 Å². The molecule has 0 aliphatic carbocycles. The monoisotopic (exact) mass is 325 g/mol. The van der Waals surface area contributed by atoms with Gasteiger partial charge in [-0.25, -0.2) is 0 Å². The molecule has 0 bridgehead atoms. The Morgan fingerprint density at radius 3 is 2.91 bits per heavy atom. The van der Waals surface area contributed by atoms with Crippen molar-refractivity contribution in [2.45, 2.75) is 6.54 Å². The minimum absolute atomic E-state index is 0.0396. The van der Waals surface area contributed by atoms with Gasteiger partial charge in [0.15, 0.2) is 11.5 Å². The number of carboxylic acid groups (broad SMARTS) is 1. The highest BCUT2D eigenvalue weighted by molar-refractivity contribution is 6.31. The van der Waals surface area contributed by atoms with Crippen LogP contribution in [0.3, 0.4) is 0 Å². The number of nitrogens with zero attached hydrogens (tertiary/aromatic N) is 1. The van der Waals surface area contributed by atoms with E-state index in [0.29, 0.717) is 49.4 Å². The second-order valence-electron chi connectivity index (χ2n) is 6.14. The van der Waals surface area contributed by atoms with Crippen molar-refractivity contribution < 1.29 is 24.1 Å². The Kier molecular flexibility index (Phi) is 3.21. The summed E-state index contributed by atoms with van der Waals surface area (Å²) >= 11 is 6.30. The van der Waals surface area contributed by atoms with E-state index < -0.39 is 11.4 Å². The Balaban J connectivity index is 1.55. The van der Waals surface area contributed by atoms with Crippen LogP contribution in [0.15, 0.2) is 12.1 Å². The van der Waals surface area contributed by atoms with Gasteiger partial charge in [0, 0.05) is 36.6 Å². The van der Waals surface area contributed by atoms with Crippen LogP contribution in [0.1, 0.15) is 5.56 Å². The van der Waals surface area contributed by atoms with Gasteiger partial charge >= 0.3 is 5.97 Å². The van der Waals surface area contributed by atoms with E-state index in [0.717, 1.165) is 5.56 Å². The van der Waals surface area contributed by atoms with Crippen molar-refractivity contribution >= 4 is 17.6 Å². The van der Waals surface area contributed by atoms with Crippen LogP contribution < -0.4 is 9.47 Å². The molecule has 7 heteroatoms. The summed E-state index contributed by atoms with van der Waals surface area (Å²) in [5.74, 6) is 0.615. The van der Waals surface area contributed by atoms with Gasteiger partial charge in [-0.2, -0.15) is 0 Å². The fraction of sp³-hybridized carbons (Fsp3) is 0.533. The van der Waals surface area contributed by atoms with Crippen LogP contribution in [0.4, 0.5) is 0 Å². The minimum atomic E-state index is -0.775. The number of halogens is 1. The van der Waals surface area contributed by atoms with Gasteiger partial charge in [-0.3, -0.25) is 9.69 Å². The molecule has 22 heavy (non-hydrogen) atoms. The summed E-state index contributed by atoms with van der Waals surface area (Å²) in [6, 6.07) is 3.63. The van der Waals surface area contributed by atoms with Gasteiger partial charge in [0.05, 0.1) is 13.2 Å². The largest absolute Gasteiger partial charge is 0.481 e. The SMILES string of the molecule is O=C(O)[C@]12COC[C@H]1CN(Cc1cc3c(cc1Cl)OCO3)C2. The molecule has 0 aromatic heterocycles. The number of benzene rings is 1. The van der Waals surface area contributed by atoms with Crippen LogP contribution in [-0.4, -0.2) is 49.1 Å². The van der Waals surface area contributed by atoms with Crippen LogP contribution in [0.25, 0.3) is 0 Å². The van der Waals surface area contributed by atoms with Crippen LogP contribution in [0.2, 0.25) is 5.02 Å². The molecule has 2 atom stereocenters. The Morgan fingerprint density at radius 2 is 2.18 bits per heavy atom. The first kappa shape index (κ1) is 14.1. The Labute approximate surface area is 132 Å². The number of likely N-dealkylation sites (tertiary alicyclic amines) is 1. The summed E-state index contributed by atoms with van der Waals surface area (Å²) in [5, 5.41) is 10.2. The summed E-state index contributed by atoms with van der Waals surface area (Å²) in [6.45, 7) is 2.80. The lowest BCUT2D eigenvalue weighted by molar-refractivity contribution is -0.149. The lowest BCUT2D eigenvalue weighted by atomic mass is 9.81. The lowest BCUT2D eigenvalue weighted by Gasteiger charge is -2.22. The Morgan fingerprint density at radius 1 is 1.41 bits per heavy atom. The first-order chi connectivity index (χ1) is 10.6. The summed E-state index contributed by atoms with van der Waals surface area (Å²) in [6.07, 6.45) is 0. The number of rotatable bonds is 3. The zero-order valence-corrected chi connectivity index (χ0v) is 12.6. The predicted octanol–water partition coefficient (Wildman–Crippen LogP) is 1.60. The number of carbonyl (C=O) groups is 1. The van der Waals surface area contributed by atoms with E-state index in [1.54, 1.807) is 6.07 Å². The molecule has 0 saturated carbocycles. The predicted molar refractivity (Wildman–Crippen MR) is 77.2 cm³/mol. The van der Waals surface area contributed by atoms with Gasteiger partial charge in [-0.1, -0.05) is 11.6 Å². The molecular weight excluding hydrogens is 310 g/mol. The molecule has 6 nitrogen and oxygen atoms in total. The molecule has 1 aromatic rings. The smallest absolute Gasteiger partial charge is 0.313 e. The standard InChI is InChI=1S/C15H16ClNO5/c16-11-2-13-12(21-8-22-13)1-9(11)3-17-4-10-5-20-7-15(10,6-17)14(18)19/h1-2,10H,3-8H2,(H,18,19)/t10-,15-/m1/s1. The van der Waals surface area contributed by atoms with E-state index in [2.05, 4.69) is 4.90 Å². The number of carboxylic acids is 1. The first-order valence-electron chi connectivity index (χ1n) is 7.20. The van der Waals surface area contributed by atoms with Gasteiger partial charge in [-0.15, -0.1) is 0 Å². The molecule has 4 rings (SSSR count). The molecule has 118 valence electrons. The van der Waals surface area contributed by atoms with E-state index in [1.165, 1.54) is 0 Å². The molecule has 1 N–H and O–H groups in total. The minimum Gasteiger partial charge on any atom is -0.481 e. The van der Waals surface area contributed by atoms with Crippen molar-refractivity contribution in [3.05, 3.63) is 22.7 Å². The van der Waals surface area contributed by atoms with E-state index >= 15 is 0 Å². The molecule has 0 radical (unpaired) electrons. The van der Waals surface area contributed by atoms with E-state index in [-0.39, 0.29) is 12.7 Å². The maximum atomic E-state index is 11.7. The molecule has 0 amide bonds. The van der Waals surface area contributed by atoms with E-state index in [4.69, 9.17) is 25.8 Å². The van der Waals surface area contributed by atoms with Crippen LogP contribution in [0, 0.1) is 11.3 Å². The summed E-state index contributed by atoms with van der Waals surface area (Å²) in [7, 11) is 0. The van der Waals surface area contributed by atoms with Crippen molar-refractivity contribution in [1.29, 1.82) is 0 Å². The van der Waals surface area contributed by atoms with Gasteiger partial charge < -0.3 is 19.3 Å². The van der Waals surface area contributed by atoms with Crippen molar-refractivity contribution in [3.8, 4) is 11.5 Å². The van der Waals surface area contributed by atoms with Gasteiger partial charge in [-0.05, 0) is 11.6 Å². The second-order valence-corrected chi connectivity index (χ2v) is 6.55. The van der Waals surface area contributed by atoms with Gasteiger partial charge in [0.25, 0.3) is 0 Å². The number of fused-ring (bicyclic) bond motifs is 2. The van der Waals surface area contributed by atoms with Crippen molar-refractivity contribution in [1.82, 2.24) is 4.90 Å². The summed E-state index contributed by atoms with van der Waals surface area (Å²) < 4.78 is 16.1. The third kappa shape index (κ3) is 2.06. The first-order valence-corrected chi connectivity index (χ1v) is 7.58. The maximum absolute atomic E-state index is 11.7. The molecule has 3 aliphatic heterocycles. The number of hydrogen-bond acceptors (Lipinski definition) is 5. The van der Waals surface area contributed by atoms with Gasteiger partial charge in [0.2, 0.25) is 6.79 Å². The Hall–Kier alpha value is -1.50. The average Bonchev–Trinajstić information content (AvgIpc) is 3.12. The number of ether oxygens (including phenoxy) is 3. The molecule has 0 spiro atoms. The van der Waals surface area contributed by atoms with E-state index in [9.17, 15) is 9.90 Å². The fourth-order valence-corrected chi connectivity index (χ4v) is 3.80. The normalized spacial score (nSPS) is 29.8. The van der Waals surface area contributed by atoms with Crippen molar-refractivity contribution in [2.24, 2.45) is 11.3 Å². The molecule has 3 aliphatic rings. The highest BCUT2D eigenvalue weighted by Gasteiger charge is 2.56. The molecule has 3 heterocycles. The van der Waals surface area contributed by atoms with Crippen molar-refractivity contribution in [3.63, 3.8) is 0 Å². The highest BCUT2D eigenvalue weighted by Crippen LogP contribution is 2.43. The van der Waals surface area contributed by atoms with Crippen LogP contribution in [0.5, 0.6) is 11.5 Å². The molecule has 2 fully saturated rings. The second kappa shape index (κ2) is 5.01. The van der Waals surface area contributed by atoms with Crippen molar-refractivity contribution in [2.75, 3.05) is 33.1 Å². The van der Waals surface area contributed by atoms with E-state index in [1.807, 2.05) is 6.07 Å². The number of aliphatic carboxylic acids is 1. The quantitative estimate of drug-likeness (QED) is 0.910. The summed E-state index contributed by atoms with van der Waals surface area (Å²) in [5.41, 5.74) is 0.148. The summed E-state index contributed by atoms with van der Waals surface area (Å²) in [4.78, 5) is 13.8.